The molecule has 0 aromatic rings. The maximum absolute atomic E-state index is 5.65. The molecule has 1 unspecified atom stereocenters. The van der Waals surface area contributed by atoms with Crippen LogP contribution in [0, 0.1) is 0 Å². The first-order valence-electron chi connectivity index (χ1n) is 4.50. The molecule has 0 aromatic carbocycles. The maximum atomic E-state index is 5.65. The summed E-state index contributed by atoms with van der Waals surface area (Å²) in [5, 5.41) is 0. The molecule has 0 bridgehead atoms. The monoisotopic (exact) mass is 173 g/mol. The second-order valence-electron chi connectivity index (χ2n) is 3.61. The van der Waals surface area contributed by atoms with E-state index in [4.69, 9.17) is 9.47 Å². The molecule has 3 heteroatoms. The SMILES string of the molecule is CO[C@H]1CC[C@H](N(C)C)C(C)O1. The number of ether oxygens (including phenoxy) is 2. The van der Waals surface area contributed by atoms with Crippen molar-refractivity contribution >= 4 is 0 Å². The summed E-state index contributed by atoms with van der Waals surface area (Å²) in [6.45, 7) is 2.11. The molecule has 1 aliphatic rings. The van der Waals surface area contributed by atoms with Crippen LogP contribution in [0.25, 0.3) is 0 Å². The van der Waals surface area contributed by atoms with E-state index in [1.54, 1.807) is 7.11 Å². The van der Waals surface area contributed by atoms with Gasteiger partial charge in [-0.15, -0.1) is 0 Å². The Balaban J connectivity index is 2.42. The van der Waals surface area contributed by atoms with Gasteiger partial charge in [-0.2, -0.15) is 0 Å². The van der Waals surface area contributed by atoms with Gasteiger partial charge in [-0.3, -0.25) is 0 Å². The second kappa shape index (κ2) is 4.21. The Bertz CT molecular complexity index is 138. The van der Waals surface area contributed by atoms with Gasteiger partial charge < -0.3 is 14.4 Å². The Morgan fingerprint density at radius 2 is 2.00 bits per heavy atom. The first-order chi connectivity index (χ1) is 5.65. The summed E-state index contributed by atoms with van der Waals surface area (Å²) in [6.07, 6.45) is 2.45. The van der Waals surface area contributed by atoms with Crippen molar-refractivity contribution in [2.45, 2.75) is 38.2 Å². The minimum atomic E-state index is 0.0104. The Kier molecular flexibility index (Phi) is 3.50. The molecule has 0 saturated carbocycles. The highest BCUT2D eigenvalue weighted by Gasteiger charge is 2.28. The first-order valence-corrected chi connectivity index (χ1v) is 4.50. The maximum Gasteiger partial charge on any atom is 0.157 e. The molecule has 0 aliphatic carbocycles. The molecule has 0 amide bonds. The van der Waals surface area contributed by atoms with Gasteiger partial charge in [0.1, 0.15) is 0 Å². The van der Waals surface area contributed by atoms with E-state index in [0.717, 1.165) is 12.8 Å². The lowest BCUT2D eigenvalue weighted by Gasteiger charge is -2.37. The van der Waals surface area contributed by atoms with Crippen molar-refractivity contribution in [3.8, 4) is 0 Å². The zero-order valence-corrected chi connectivity index (χ0v) is 8.41. The van der Waals surface area contributed by atoms with Crippen LogP contribution in [0.3, 0.4) is 0 Å². The number of hydrogen-bond donors (Lipinski definition) is 0. The van der Waals surface area contributed by atoms with Crippen LogP contribution >= 0.6 is 0 Å². The summed E-state index contributed by atoms with van der Waals surface area (Å²) in [7, 11) is 5.89. The van der Waals surface area contributed by atoms with Crippen molar-refractivity contribution in [1.29, 1.82) is 0 Å². The zero-order chi connectivity index (χ0) is 9.14. The normalized spacial score (nSPS) is 37.2. The summed E-state index contributed by atoms with van der Waals surface area (Å²) in [5.41, 5.74) is 0. The highest BCUT2D eigenvalue weighted by atomic mass is 16.7. The second-order valence-corrected chi connectivity index (χ2v) is 3.61. The molecule has 0 N–H and O–H groups in total. The van der Waals surface area contributed by atoms with E-state index in [1.165, 1.54) is 0 Å². The van der Waals surface area contributed by atoms with E-state index in [1.807, 2.05) is 0 Å². The minimum absolute atomic E-state index is 0.0104. The van der Waals surface area contributed by atoms with E-state index < -0.39 is 0 Å². The van der Waals surface area contributed by atoms with Crippen LogP contribution in [-0.4, -0.2) is 44.5 Å². The van der Waals surface area contributed by atoms with Gasteiger partial charge >= 0.3 is 0 Å². The minimum Gasteiger partial charge on any atom is -0.356 e. The molecule has 3 nitrogen and oxygen atoms in total. The van der Waals surface area contributed by atoms with Crippen molar-refractivity contribution in [2.75, 3.05) is 21.2 Å². The summed E-state index contributed by atoms with van der Waals surface area (Å²) in [5.74, 6) is 0. The molecule has 1 rings (SSSR count). The van der Waals surface area contributed by atoms with Crippen molar-refractivity contribution in [1.82, 2.24) is 4.90 Å². The van der Waals surface area contributed by atoms with Gasteiger partial charge in [-0.25, -0.2) is 0 Å². The lowest BCUT2D eigenvalue weighted by Crippen LogP contribution is -2.45. The highest BCUT2D eigenvalue weighted by Crippen LogP contribution is 2.22. The van der Waals surface area contributed by atoms with Gasteiger partial charge in [0.05, 0.1) is 6.10 Å². The lowest BCUT2D eigenvalue weighted by molar-refractivity contribution is -0.192. The predicted octanol–water partition coefficient (Wildman–Crippen LogP) is 1.09. The standard InChI is InChI=1S/C9H19NO2/c1-7-8(10(2)3)5-6-9(11-4)12-7/h7-9H,5-6H2,1-4H3/t7?,8-,9+/m0/s1. The topological polar surface area (TPSA) is 21.7 Å². The van der Waals surface area contributed by atoms with Crippen LogP contribution in [0.2, 0.25) is 0 Å². The molecular formula is C9H19NO2. The predicted molar refractivity (Wildman–Crippen MR) is 48.1 cm³/mol. The Morgan fingerprint density at radius 1 is 1.33 bits per heavy atom. The molecule has 0 radical (unpaired) electrons. The molecule has 0 spiro atoms. The fraction of sp³-hybridized carbons (Fsp3) is 1.00. The van der Waals surface area contributed by atoms with Gasteiger partial charge in [0.15, 0.2) is 6.29 Å². The Morgan fingerprint density at radius 3 is 2.42 bits per heavy atom. The molecule has 1 aliphatic heterocycles. The van der Waals surface area contributed by atoms with E-state index in [0.29, 0.717) is 6.04 Å². The number of rotatable bonds is 2. The fourth-order valence-corrected chi connectivity index (χ4v) is 1.79. The highest BCUT2D eigenvalue weighted by molar-refractivity contribution is 4.78. The zero-order valence-electron chi connectivity index (χ0n) is 8.41. The van der Waals surface area contributed by atoms with Crippen molar-refractivity contribution in [3.63, 3.8) is 0 Å². The van der Waals surface area contributed by atoms with Gasteiger partial charge in [-0.05, 0) is 33.9 Å². The summed E-state index contributed by atoms with van der Waals surface area (Å²) >= 11 is 0. The molecule has 0 aromatic heterocycles. The number of hydrogen-bond acceptors (Lipinski definition) is 3. The quantitative estimate of drug-likeness (QED) is 0.624. The first kappa shape index (κ1) is 9.96. The summed E-state index contributed by atoms with van der Waals surface area (Å²) in [4.78, 5) is 2.22. The van der Waals surface area contributed by atoms with Crippen molar-refractivity contribution in [3.05, 3.63) is 0 Å². The number of methoxy groups -OCH3 is 1. The average Bonchev–Trinajstić information content (AvgIpc) is 2.03. The van der Waals surface area contributed by atoms with Gasteiger partial charge in [0.25, 0.3) is 0 Å². The van der Waals surface area contributed by atoms with Crippen LogP contribution < -0.4 is 0 Å². The van der Waals surface area contributed by atoms with Crippen LogP contribution in [0.1, 0.15) is 19.8 Å². The largest absolute Gasteiger partial charge is 0.356 e. The van der Waals surface area contributed by atoms with Crippen LogP contribution in [0.15, 0.2) is 0 Å². The van der Waals surface area contributed by atoms with Gasteiger partial charge in [0, 0.05) is 13.2 Å². The van der Waals surface area contributed by atoms with E-state index in [2.05, 4.69) is 25.9 Å². The Labute approximate surface area is 74.6 Å². The summed E-state index contributed by atoms with van der Waals surface area (Å²) in [6, 6.07) is 0.538. The molecule has 1 saturated heterocycles. The summed E-state index contributed by atoms with van der Waals surface area (Å²) < 4.78 is 10.8. The smallest absolute Gasteiger partial charge is 0.157 e. The molecular weight excluding hydrogens is 154 g/mol. The van der Waals surface area contributed by atoms with Crippen molar-refractivity contribution in [2.24, 2.45) is 0 Å². The van der Waals surface area contributed by atoms with Crippen LogP contribution in [0.5, 0.6) is 0 Å². The van der Waals surface area contributed by atoms with Gasteiger partial charge in [0.2, 0.25) is 0 Å². The third-order valence-corrected chi connectivity index (χ3v) is 2.53. The Hall–Kier alpha value is -0.120. The van der Waals surface area contributed by atoms with Crippen LogP contribution in [0.4, 0.5) is 0 Å². The number of likely N-dealkylation sites (N-methyl/N-ethyl adjacent to an activating group) is 1. The third kappa shape index (κ3) is 2.19. The number of nitrogens with zero attached hydrogens (tertiary/aromatic N) is 1. The van der Waals surface area contributed by atoms with E-state index >= 15 is 0 Å². The van der Waals surface area contributed by atoms with Crippen LogP contribution in [-0.2, 0) is 9.47 Å². The molecule has 3 atom stereocenters. The average molecular weight is 173 g/mol. The van der Waals surface area contributed by atoms with Crippen molar-refractivity contribution < 1.29 is 9.47 Å². The van der Waals surface area contributed by atoms with E-state index in [-0.39, 0.29) is 12.4 Å². The third-order valence-electron chi connectivity index (χ3n) is 2.53. The molecule has 1 fully saturated rings. The van der Waals surface area contributed by atoms with Gasteiger partial charge in [-0.1, -0.05) is 0 Å². The van der Waals surface area contributed by atoms with E-state index in [9.17, 15) is 0 Å². The lowest BCUT2D eigenvalue weighted by atomic mass is 10.0. The molecule has 72 valence electrons. The molecule has 12 heavy (non-hydrogen) atoms. The molecule has 1 heterocycles. The fourth-order valence-electron chi connectivity index (χ4n) is 1.79.